The van der Waals surface area contributed by atoms with Gasteiger partial charge < -0.3 is 0 Å². The summed E-state index contributed by atoms with van der Waals surface area (Å²) in [7, 11) is 0. The second kappa shape index (κ2) is 4.93. The van der Waals surface area contributed by atoms with Gasteiger partial charge in [-0.3, -0.25) is 4.79 Å². The molecular formula is C13H11BrOS. The summed E-state index contributed by atoms with van der Waals surface area (Å²) < 4.78 is 1.01. The van der Waals surface area contributed by atoms with Crippen LogP contribution in [0.25, 0.3) is 0 Å². The number of benzene rings is 1. The van der Waals surface area contributed by atoms with Crippen molar-refractivity contribution in [3.63, 3.8) is 0 Å². The molecule has 1 heterocycles. The third kappa shape index (κ3) is 2.60. The monoisotopic (exact) mass is 294 g/mol. The summed E-state index contributed by atoms with van der Waals surface area (Å²) in [5.74, 6) is 0.184. The molecule has 0 amide bonds. The highest BCUT2D eigenvalue weighted by molar-refractivity contribution is 9.10. The predicted molar refractivity (Wildman–Crippen MR) is 71.2 cm³/mol. The Balaban J connectivity index is 2.21. The van der Waals surface area contributed by atoms with Gasteiger partial charge in [-0.05, 0) is 47.0 Å². The summed E-state index contributed by atoms with van der Waals surface area (Å²) in [6, 6.07) is 7.76. The number of halogens is 1. The van der Waals surface area contributed by atoms with Crippen molar-refractivity contribution >= 4 is 33.0 Å². The van der Waals surface area contributed by atoms with Crippen LogP contribution in [0.15, 0.2) is 39.5 Å². The molecule has 0 aliphatic rings. The van der Waals surface area contributed by atoms with Gasteiger partial charge in [-0.15, -0.1) is 0 Å². The Morgan fingerprint density at radius 2 is 2.19 bits per heavy atom. The number of hydrogen-bond acceptors (Lipinski definition) is 2. The first-order valence-electron chi connectivity index (χ1n) is 4.97. The lowest BCUT2D eigenvalue weighted by molar-refractivity contribution is 0.0992. The maximum absolute atomic E-state index is 12.0. The zero-order valence-corrected chi connectivity index (χ0v) is 11.3. The summed E-state index contributed by atoms with van der Waals surface area (Å²) >= 11 is 5.02. The van der Waals surface area contributed by atoms with Crippen molar-refractivity contribution in [2.75, 3.05) is 0 Å². The molecule has 0 N–H and O–H groups in total. The van der Waals surface area contributed by atoms with Crippen molar-refractivity contribution in [2.24, 2.45) is 0 Å². The standard InChI is InChI=1S/C13H11BrOS/c1-9-6-11(14)2-3-12(9)13(15)7-10-4-5-16-8-10/h2-6,8H,7H2,1H3. The lowest BCUT2D eigenvalue weighted by Gasteiger charge is -2.04. The van der Waals surface area contributed by atoms with Gasteiger partial charge in [-0.2, -0.15) is 11.3 Å². The molecule has 3 heteroatoms. The van der Waals surface area contributed by atoms with Gasteiger partial charge in [0.05, 0.1) is 0 Å². The minimum atomic E-state index is 0.184. The summed E-state index contributed by atoms with van der Waals surface area (Å²) in [5, 5.41) is 4.02. The van der Waals surface area contributed by atoms with Crippen LogP contribution < -0.4 is 0 Å². The van der Waals surface area contributed by atoms with Crippen LogP contribution in [0, 0.1) is 6.92 Å². The van der Waals surface area contributed by atoms with Crippen LogP contribution in [-0.2, 0) is 6.42 Å². The third-order valence-corrected chi connectivity index (χ3v) is 3.66. The summed E-state index contributed by atoms with van der Waals surface area (Å²) in [5.41, 5.74) is 2.93. The molecule has 0 aliphatic carbocycles. The summed E-state index contributed by atoms with van der Waals surface area (Å²) in [6.45, 7) is 1.96. The number of aryl methyl sites for hydroxylation is 1. The molecule has 2 rings (SSSR count). The van der Waals surface area contributed by atoms with E-state index in [-0.39, 0.29) is 5.78 Å². The molecule has 2 aromatic rings. The summed E-state index contributed by atoms with van der Waals surface area (Å²) in [6.07, 6.45) is 0.492. The van der Waals surface area contributed by atoms with E-state index in [1.165, 1.54) is 0 Å². The van der Waals surface area contributed by atoms with Crippen LogP contribution in [-0.4, -0.2) is 5.78 Å². The zero-order valence-electron chi connectivity index (χ0n) is 8.87. The van der Waals surface area contributed by atoms with Crippen molar-refractivity contribution in [3.8, 4) is 0 Å². The minimum Gasteiger partial charge on any atom is -0.294 e. The number of Topliss-reactive ketones (excluding diaryl/α,β-unsaturated/α-hetero) is 1. The zero-order chi connectivity index (χ0) is 11.5. The van der Waals surface area contributed by atoms with Gasteiger partial charge in [-0.25, -0.2) is 0 Å². The Labute approximate surface area is 107 Å². The molecule has 0 unspecified atom stereocenters. The molecule has 1 aromatic carbocycles. The highest BCUT2D eigenvalue weighted by Gasteiger charge is 2.10. The molecule has 1 nitrogen and oxygen atoms in total. The first-order chi connectivity index (χ1) is 7.66. The molecule has 0 saturated carbocycles. The Morgan fingerprint density at radius 3 is 2.81 bits per heavy atom. The Morgan fingerprint density at radius 1 is 1.38 bits per heavy atom. The fourth-order valence-corrected chi connectivity index (χ4v) is 2.76. The smallest absolute Gasteiger partial charge is 0.167 e. The van der Waals surface area contributed by atoms with Crippen molar-refractivity contribution in [1.29, 1.82) is 0 Å². The second-order valence-electron chi connectivity index (χ2n) is 3.69. The van der Waals surface area contributed by atoms with Crippen molar-refractivity contribution in [1.82, 2.24) is 0 Å². The van der Waals surface area contributed by atoms with Crippen molar-refractivity contribution < 1.29 is 4.79 Å². The van der Waals surface area contributed by atoms with Crippen LogP contribution in [0.3, 0.4) is 0 Å². The van der Waals surface area contributed by atoms with Crippen LogP contribution in [0.1, 0.15) is 21.5 Å². The summed E-state index contributed by atoms with van der Waals surface area (Å²) in [4.78, 5) is 12.0. The number of ketones is 1. The van der Waals surface area contributed by atoms with E-state index in [0.717, 1.165) is 21.2 Å². The van der Waals surface area contributed by atoms with E-state index < -0.39 is 0 Å². The third-order valence-electron chi connectivity index (χ3n) is 2.43. The van der Waals surface area contributed by atoms with Gasteiger partial charge in [0, 0.05) is 16.5 Å². The first-order valence-corrected chi connectivity index (χ1v) is 6.71. The normalized spacial score (nSPS) is 10.4. The molecule has 0 bridgehead atoms. The number of hydrogen-bond donors (Lipinski definition) is 0. The average molecular weight is 295 g/mol. The van der Waals surface area contributed by atoms with Crippen LogP contribution >= 0.6 is 27.3 Å². The molecule has 0 atom stereocenters. The van der Waals surface area contributed by atoms with E-state index in [9.17, 15) is 4.79 Å². The molecule has 0 saturated heterocycles. The molecule has 0 aliphatic heterocycles. The van der Waals surface area contributed by atoms with Crippen LogP contribution in [0.5, 0.6) is 0 Å². The predicted octanol–water partition coefficient (Wildman–Crippen LogP) is 4.24. The quantitative estimate of drug-likeness (QED) is 0.774. The Kier molecular flexibility index (Phi) is 3.56. The maximum Gasteiger partial charge on any atom is 0.167 e. The molecule has 1 aromatic heterocycles. The van der Waals surface area contributed by atoms with Crippen molar-refractivity contribution in [2.45, 2.75) is 13.3 Å². The van der Waals surface area contributed by atoms with Gasteiger partial charge in [-0.1, -0.05) is 22.0 Å². The van der Waals surface area contributed by atoms with E-state index in [4.69, 9.17) is 0 Å². The van der Waals surface area contributed by atoms with E-state index >= 15 is 0 Å². The number of rotatable bonds is 3. The van der Waals surface area contributed by atoms with Crippen LogP contribution in [0.4, 0.5) is 0 Å². The molecule has 0 spiro atoms. The lowest BCUT2D eigenvalue weighted by Crippen LogP contribution is -2.04. The number of thiophene rings is 1. The van der Waals surface area contributed by atoms with Crippen molar-refractivity contribution in [3.05, 3.63) is 56.2 Å². The average Bonchev–Trinajstić information content (AvgIpc) is 2.70. The minimum absolute atomic E-state index is 0.184. The number of carbonyl (C=O) groups excluding carboxylic acids is 1. The molecular weight excluding hydrogens is 284 g/mol. The van der Waals surface area contributed by atoms with E-state index in [0.29, 0.717) is 6.42 Å². The molecule has 82 valence electrons. The topological polar surface area (TPSA) is 17.1 Å². The molecule has 16 heavy (non-hydrogen) atoms. The van der Waals surface area contributed by atoms with Gasteiger partial charge in [0.25, 0.3) is 0 Å². The Hall–Kier alpha value is -0.930. The molecule has 0 fully saturated rings. The lowest BCUT2D eigenvalue weighted by atomic mass is 10.0. The van der Waals surface area contributed by atoms with Gasteiger partial charge in [0.1, 0.15) is 0 Å². The van der Waals surface area contributed by atoms with Gasteiger partial charge >= 0.3 is 0 Å². The Bertz CT molecular complexity index is 503. The maximum atomic E-state index is 12.0. The SMILES string of the molecule is Cc1cc(Br)ccc1C(=O)Cc1ccsc1. The largest absolute Gasteiger partial charge is 0.294 e. The second-order valence-corrected chi connectivity index (χ2v) is 5.39. The fraction of sp³-hybridized carbons (Fsp3) is 0.154. The van der Waals surface area contributed by atoms with Gasteiger partial charge in [0.15, 0.2) is 5.78 Å². The van der Waals surface area contributed by atoms with E-state index in [1.54, 1.807) is 11.3 Å². The highest BCUT2D eigenvalue weighted by atomic mass is 79.9. The number of carbonyl (C=O) groups is 1. The van der Waals surface area contributed by atoms with E-state index in [2.05, 4.69) is 15.9 Å². The van der Waals surface area contributed by atoms with E-state index in [1.807, 2.05) is 41.9 Å². The van der Waals surface area contributed by atoms with Crippen LogP contribution in [0.2, 0.25) is 0 Å². The highest BCUT2D eigenvalue weighted by Crippen LogP contribution is 2.18. The van der Waals surface area contributed by atoms with Gasteiger partial charge in [0.2, 0.25) is 0 Å². The molecule has 0 radical (unpaired) electrons. The fourth-order valence-electron chi connectivity index (χ4n) is 1.61. The first kappa shape index (κ1) is 11.6.